The zero-order chi connectivity index (χ0) is 20.9. The van der Waals surface area contributed by atoms with Crippen LogP contribution in [0.3, 0.4) is 0 Å². The number of hydrogen-bond donors (Lipinski definition) is 0. The highest BCUT2D eigenvalue weighted by Crippen LogP contribution is 2.38. The standard InChI is InChI=1S/C17H18F3N3O4S/c1-10-7-15(21-22(10)2)23-9-11(8-13(23)16(24)25)28(26,27)14-6-4-3-5-12(14)17(18,19)20/h3-7,11,13H,8-9H2,1-2H3,(H,24,25)/p-1/t11-,13+/m1/s1. The third-order valence-corrected chi connectivity index (χ3v) is 7.06. The van der Waals surface area contributed by atoms with Gasteiger partial charge < -0.3 is 14.8 Å². The van der Waals surface area contributed by atoms with Crippen molar-refractivity contribution in [1.82, 2.24) is 9.78 Å². The summed E-state index contributed by atoms with van der Waals surface area (Å²) >= 11 is 0. The molecule has 0 spiro atoms. The number of carbonyl (C=O) groups excluding carboxylic acids is 1. The summed E-state index contributed by atoms with van der Waals surface area (Å²) in [6.45, 7) is 1.43. The van der Waals surface area contributed by atoms with E-state index in [1.807, 2.05) is 0 Å². The molecule has 3 rings (SSSR count). The second-order valence-corrected chi connectivity index (χ2v) is 8.85. The average molecular weight is 416 g/mol. The molecule has 1 aromatic heterocycles. The number of carbonyl (C=O) groups is 1. The Kier molecular flexibility index (Phi) is 4.90. The molecule has 28 heavy (non-hydrogen) atoms. The van der Waals surface area contributed by atoms with Crippen LogP contribution in [0.4, 0.5) is 19.0 Å². The maximum absolute atomic E-state index is 13.3. The van der Waals surface area contributed by atoms with Gasteiger partial charge in [0.05, 0.1) is 27.7 Å². The molecule has 11 heteroatoms. The van der Waals surface area contributed by atoms with Gasteiger partial charge in [0, 0.05) is 25.4 Å². The summed E-state index contributed by atoms with van der Waals surface area (Å²) in [5, 5.41) is 14.4. The molecule has 2 atom stereocenters. The van der Waals surface area contributed by atoms with Crippen molar-refractivity contribution in [2.45, 2.75) is 35.7 Å². The van der Waals surface area contributed by atoms with Crippen LogP contribution in [0.2, 0.25) is 0 Å². The number of nitrogens with zero attached hydrogens (tertiary/aromatic N) is 3. The lowest BCUT2D eigenvalue weighted by Crippen LogP contribution is -2.44. The molecule has 0 unspecified atom stereocenters. The van der Waals surface area contributed by atoms with Gasteiger partial charge >= 0.3 is 6.18 Å². The van der Waals surface area contributed by atoms with Gasteiger partial charge in [0.1, 0.15) is 0 Å². The molecule has 1 aliphatic rings. The quantitative estimate of drug-likeness (QED) is 0.736. The molecule has 0 aliphatic carbocycles. The second-order valence-electron chi connectivity index (χ2n) is 6.65. The van der Waals surface area contributed by atoms with Gasteiger partial charge in [-0.3, -0.25) is 4.68 Å². The van der Waals surface area contributed by atoms with Crippen LogP contribution in [0.15, 0.2) is 35.2 Å². The number of halogens is 3. The van der Waals surface area contributed by atoms with Crippen molar-refractivity contribution < 1.29 is 31.5 Å². The van der Waals surface area contributed by atoms with E-state index >= 15 is 0 Å². The third kappa shape index (κ3) is 3.46. The van der Waals surface area contributed by atoms with Gasteiger partial charge in [-0.2, -0.15) is 18.3 Å². The monoisotopic (exact) mass is 416 g/mol. The summed E-state index contributed by atoms with van der Waals surface area (Å²) in [5.74, 6) is -1.28. The summed E-state index contributed by atoms with van der Waals surface area (Å²) < 4.78 is 67.2. The van der Waals surface area contributed by atoms with Gasteiger partial charge in [-0.1, -0.05) is 12.1 Å². The zero-order valence-corrected chi connectivity index (χ0v) is 15.8. The van der Waals surface area contributed by atoms with Crippen LogP contribution in [0.25, 0.3) is 0 Å². The minimum absolute atomic E-state index is 0.232. The van der Waals surface area contributed by atoms with E-state index in [0.29, 0.717) is 11.8 Å². The molecule has 0 radical (unpaired) electrons. The van der Waals surface area contributed by atoms with Crippen LogP contribution >= 0.6 is 0 Å². The summed E-state index contributed by atoms with van der Waals surface area (Å²) in [7, 11) is -2.81. The number of alkyl halides is 3. The van der Waals surface area contributed by atoms with Crippen molar-refractivity contribution in [1.29, 1.82) is 0 Å². The molecule has 7 nitrogen and oxygen atoms in total. The predicted molar refractivity (Wildman–Crippen MR) is 91.1 cm³/mol. The Morgan fingerprint density at radius 3 is 2.46 bits per heavy atom. The normalized spacial score (nSPS) is 20.5. The van der Waals surface area contributed by atoms with Crippen LogP contribution in [0, 0.1) is 6.92 Å². The number of rotatable bonds is 4. The molecule has 1 aliphatic heterocycles. The van der Waals surface area contributed by atoms with E-state index in [-0.39, 0.29) is 12.4 Å². The molecule has 0 amide bonds. The Morgan fingerprint density at radius 2 is 1.93 bits per heavy atom. The smallest absolute Gasteiger partial charge is 0.417 e. The van der Waals surface area contributed by atoms with Crippen molar-refractivity contribution in [3.63, 3.8) is 0 Å². The lowest BCUT2D eigenvalue weighted by Gasteiger charge is -2.24. The van der Waals surface area contributed by atoms with E-state index in [1.54, 1.807) is 20.0 Å². The third-order valence-electron chi connectivity index (χ3n) is 4.87. The highest BCUT2D eigenvalue weighted by atomic mass is 32.2. The topological polar surface area (TPSA) is 95.3 Å². The minimum atomic E-state index is -4.85. The number of anilines is 1. The van der Waals surface area contributed by atoms with Crippen LogP contribution < -0.4 is 10.0 Å². The molecule has 2 aromatic rings. The maximum Gasteiger partial charge on any atom is 0.417 e. The number of carboxylic acids is 1. The van der Waals surface area contributed by atoms with Gasteiger partial charge in [-0.15, -0.1) is 0 Å². The molecule has 0 saturated carbocycles. The van der Waals surface area contributed by atoms with Crippen molar-refractivity contribution in [3.05, 3.63) is 41.6 Å². The number of sulfone groups is 1. The molecular weight excluding hydrogens is 399 g/mol. The van der Waals surface area contributed by atoms with E-state index in [1.165, 1.54) is 15.6 Å². The fourth-order valence-electron chi connectivity index (χ4n) is 3.31. The molecule has 152 valence electrons. The Bertz CT molecular complexity index is 997. The summed E-state index contributed by atoms with van der Waals surface area (Å²) in [5.41, 5.74) is -0.562. The van der Waals surface area contributed by atoms with E-state index in [2.05, 4.69) is 5.10 Å². The Morgan fingerprint density at radius 1 is 1.29 bits per heavy atom. The largest absolute Gasteiger partial charge is 0.548 e. The van der Waals surface area contributed by atoms with E-state index in [0.717, 1.165) is 12.1 Å². The van der Waals surface area contributed by atoms with Crippen molar-refractivity contribution in [2.75, 3.05) is 11.4 Å². The lowest BCUT2D eigenvalue weighted by atomic mass is 10.2. The van der Waals surface area contributed by atoms with E-state index < -0.39 is 50.2 Å². The molecule has 2 heterocycles. The number of benzene rings is 1. The fraction of sp³-hybridized carbons (Fsp3) is 0.412. The van der Waals surface area contributed by atoms with Gasteiger partial charge in [0.15, 0.2) is 15.7 Å². The number of aliphatic carboxylic acids is 1. The lowest BCUT2D eigenvalue weighted by molar-refractivity contribution is -0.307. The van der Waals surface area contributed by atoms with Gasteiger partial charge in [0.2, 0.25) is 0 Å². The number of hydrogen-bond acceptors (Lipinski definition) is 6. The van der Waals surface area contributed by atoms with Gasteiger partial charge in [-0.25, -0.2) is 8.42 Å². The van der Waals surface area contributed by atoms with Crippen LogP contribution in [-0.2, 0) is 27.9 Å². The summed E-state index contributed by atoms with van der Waals surface area (Å²) in [6.07, 6.45) is -5.25. The molecule has 1 aromatic carbocycles. The molecule has 0 N–H and O–H groups in total. The first-order chi connectivity index (χ1) is 12.9. The van der Waals surface area contributed by atoms with E-state index in [9.17, 15) is 31.5 Å². The first kappa shape index (κ1) is 20.2. The first-order valence-electron chi connectivity index (χ1n) is 8.31. The van der Waals surface area contributed by atoms with Crippen LogP contribution in [0.5, 0.6) is 0 Å². The molecule has 1 saturated heterocycles. The first-order valence-corrected chi connectivity index (χ1v) is 9.86. The van der Waals surface area contributed by atoms with Crippen molar-refractivity contribution >= 4 is 21.6 Å². The highest BCUT2D eigenvalue weighted by molar-refractivity contribution is 7.92. The Labute approximate surface area is 159 Å². The van der Waals surface area contributed by atoms with Crippen LogP contribution in [0.1, 0.15) is 17.7 Å². The summed E-state index contributed by atoms with van der Waals surface area (Å²) in [6, 6.07) is 4.15. The molecule has 1 fully saturated rings. The highest BCUT2D eigenvalue weighted by Gasteiger charge is 2.45. The second kappa shape index (κ2) is 6.80. The summed E-state index contributed by atoms with van der Waals surface area (Å²) in [4.78, 5) is 11.9. The average Bonchev–Trinajstić information content (AvgIpc) is 3.19. The maximum atomic E-state index is 13.3. The fourth-order valence-corrected chi connectivity index (χ4v) is 5.22. The Hall–Kier alpha value is -2.56. The predicted octanol–water partition coefficient (Wildman–Crippen LogP) is 0.918. The van der Waals surface area contributed by atoms with Crippen LogP contribution in [-0.4, -0.2) is 42.0 Å². The Balaban J connectivity index is 2.02. The molecule has 0 bridgehead atoms. The SMILES string of the molecule is Cc1cc(N2C[C@H](S(=O)(=O)c3ccccc3C(F)(F)F)C[C@H]2C(=O)[O-])nn1C. The zero-order valence-electron chi connectivity index (χ0n) is 15.0. The number of aromatic nitrogens is 2. The van der Waals surface area contributed by atoms with Gasteiger partial charge in [-0.05, 0) is 25.5 Å². The minimum Gasteiger partial charge on any atom is -0.548 e. The van der Waals surface area contributed by atoms with E-state index in [4.69, 9.17) is 0 Å². The van der Waals surface area contributed by atoms with Crippen molar-refractivity contribution in [2.24, 2.45) is 7.05 Å². The number of aryl methyl sites for hydroxylation is 2. The van der Waals surface area contributed by atoms with Gasteiger partial charge in [0.25, 0.3) is 0 Å². The molecular formula is C17H17F3N3O4S-. The van der Waals surface area contributed by atoms with Crippen molar-refractivity contribution in [3.8, 4) is 0 Å². The number of carboxylic acid groups (broad SMARTS) is 1.